The van der Waals surface area contributed by atoms with Crippen molar-refractivity contribution in [3.63, 3.8) is 0 Å². The molecule has 22 heavy (non-hydrogen) atoms. The van der Waals surface area contributed by atoms with Crippen molar-refractivity contribution in [3.05, 3.63) is 12.2 Å². The van der Waals surface area contributed by atoms with Crippen molar-refractivity contribution in [3.8, 4) is 0 Å². The molecule has 3 rings (SSSR count). The van der Waals surface area contributed by atoms with Crippen LogP contribution in [0.5, 0.6) is 0 Å². The number of hydroxylamine groups is 2. The Hall–Kier alpha value is -2.25. The molecule has 0 aromatic heterocycles. The van der Waals surface area contributed by atoms with E-state index in [1.807, 2.05) is 0 Å². The van der Waals surface area contributed by atoms with Crippen LogP contribution in [-0.2, 0) is 19.2 Å². The van der Waals surface area contributed by atoms with E-state index in [-0.39, 0.29) is 31.5 Å². The molecule has 0 saturated carbocycles. The van der Waals surface area contributed by atoms with Crippen molar-refractivity contribution in [2.75, 3.05) is 6.54 Å². The molecule has 8 heteroatoms. The average Bonchev–Trinajstić information content (AvgIpc) is 2.96. The molecule has 0 aromatic rings. The summed E-state index contributed by atoms with van der Waals surface area (Å²) in [7, 11) is 0. The third kappa shape index (κ3) is 3.00. The number of allylic oxidation sites excluding steroid dienone is 2. The summed E-state index contributed by atoms with van der Waals surface area (Å²) >= 11 is 0. The van der Waals surface area contributed by atoms with Crippen LogP contribution in [0.1, 0.15) is 38.5 Å². The second kappa shape index (κ2) is 6.25. The monoisotopic (exact) mass is 306 g/mol. The van der Waals surface area contributed by atoms with Gasteiger partial charge in [0.1, 0.15) is 6.54 Å². The summed E-state index contributed by atoms with van der Waals surface area (Å²) in [5.74, 6) is -1.62. The Labute approximate surface area is 127 Å². The van der Waals surface area contributed by atoms with Crippen molar-refractivity contribution in [1.29, 1.82) is 0 Å². The van der Waals surface area contributed by atoms with Crippen molar-refractivity contribution in [2.24, 2.45) is 10.3 Å². The average molecular weight is 306 g/mol. The molecule has 0 spiro atoms. The Morgan fingerprint density at radius 1 is 1.18 bits per heavy atom. The van der Waals surface area contributed by atoms with Gasteiger partial charge in [0.15, 0.2) is 0 Å². The number of nitrogens with zero attached hydrogens (tertiary/aromatic N) is 4. The first kappa shape index (κ1) is 14.7. The summed E-state index contributed by atoms with van der Waals surface area (Å²) in [6, 6.07) is 0.162. The molecule has 118 valence electrons. The van der Waals surface area contributed by atoms with Crippen LogP contribution in [0, 0.1) is 0 Å². The van der Waals surface area contributed by atoms with Crippen LogP contribution < -0.4 is 0 Å². The number of carbonyl (C=O) groups excluding carboxylic acids is 3. The molecule has 2 amide bonds. The summed E-state index contributed by atoms with van der Waals surface area (Å²) < 4.78 is 0. The lowest BCUT2D eigenvalue weighted by Gasteiger charge is -2.25. The van der Waals surface area contributed by atoms with Crippen molar-refractivity contribution < 1.29 is 19.2 Å². The molecule has 0 radical (unpaired) electrons. The van der Waals surface area contributed by atoms with E-state index in [0.29, 0.717) is 5.06 Å². The molecule has 1 aliphatic carbocycles. The molecule has 0 N–H and O–H groups in total. The van der Waals surface area contributed by atoms with Crippen molar-refractivity contribution >= 4 is 17.8 Å². The molecule has 2 atom stereocenters. The van der Waals surface area contributed by atoms with Gasteiger partial charge in [0, 0.05) is 12.8 Å². The largest absolute Gasteiger partial charge is 0.354 e. The molecule has 2 aliphatic heterocycles. The lowest BCUT2D eigenvalue weighted by Crippen LogP contribution is -2.41. The maximum atomic E-state index is 11.9. The summed E-state index contributed by atoms with van der Waals surface area (Å²) in [4.78, 5) is 39.7. The number of carbonyl (C=O) groups is 3. The molecule has 2 unspecified atom stereocenters. The summed E-state index contributed by atoms with van der Waals surface area (Å²) in [6.07, 6.45) is 8.09. The third-order valence-corrected chi connectivity index (χ3v) is 4.06. The minimum Gasteiger partial charge on any atom is -0.328 e. The molecule has 3 aliphatic rings. The van der Waals surface area contributed by atoms with Crippen LogP contribution in [0.25, 0.3) is 0 Å². The van der Waals surface area contributed by atoms with Gasteiger partial charge in [-0.3, -0.25) is 14.6 Å². The fraction of sp³-hybridized carbons (Fsp3) is 0.643. The molecule has 1 fully saturated rings. The normalized spacial score (nSPS) is 29.3. The van der Waals surface area contributed by atoms with E-state index in [2.05, 4.69) is 22.5 Å². The van der Waals surface area contributed by atoms with Gasteiger partial charge in [-0.1, -0.05) is 17.4 Å². The molecule has 2 heterocycles. The summed E-state index contributed by atoms with van der Waals surface area (Å²) in [5, 5.41) is 10.4. The minimum atomic E-state index is -0.666. The predicted octanol–water partition coefficient (Wildman–Crippen LogP) is 1.14. The van der Waals surface area contributed by atoms with E-state index < -0.39 is 17.8 Å². The number of rotatable bonds is 3. The molecular formula is C14H18N4O4. The second-order valence-electron chi connectivity index (χ2n) is 5.61. The number of amides is 2. The summed E-state index contributed by atoms with van der Waals surface area (Å²) in [5.41, 5.74) is 0. The van der Waals surface area contributed by atoms with Gasteiger partial charge in [-0.05, 0) is 25.7 Å². The lowest BCUT2D eigenvalue weighted by molar-refractivity contribution is -0.198. The minimum absolute atomic E-state index is 0.0717. The Morgan fingerprint density at radius 2 is 1.86 bits per heavy atom. The maximum Gasteiger partial charge on any atom is 0.354 e. The Kier molecular flexibility index (Phi) is 4.17. The second-order valence-corrected chi connectivity index (χ2v) is 5.61. The van der Waals surface area contributed by atoms with Gasteiger partial charge in [0.05, 0.1) is 12.1 Å². The number of fused-ring (bicyclic) bond motifs is 1. The van der Waals surface area contributed by atoms with Crippen molar-refractivity contribution in [1.82, 2.24) is 10.1 Å². The Balaban J connectivity index is 1.57. The Morgan fingerprint density at radius 3 is 2.59 bits per heavy atom. The molecule has 1 saturated heterocycles. The van der Waals surface area contributed by atoms with E-state index in [9.17, 15) is 14.4 Å². The van der Waals surface area contributed by atoms with Crippen LogP contribution in [0.2, 0.25) is 0 Å². The van der Waals surface area contributed by atoms with Gasteiger partial charge in [-0.25, -0.2) is 4.79 Å². The van der Waals surface area contributed by atoms with Gasteiger partial charge >= 0.3 is 5.97 Å². The van der Waals surface area contributed by atoms with E-state index >= 15 is 0 Å². The Bertz CT molecular complexity index is 529. The quantitative estimate of drug-likeness (QED) is 0.576. The van der Waals surface area contributed by atoms with Gasteiger partial charge in [-0.2, -0.15) is 5.11 Å². The fourth-order valence-electron chi connectivity index (χ4n) is 2.91. The van der Waals surface area contributed by atoms with Crippen LogP contribution in [0.3, 0.4) is 0 Å². The number of imide groups is 1. The summed E-state index contributed by atoms with van der Waals surface area (Å²) in [6.45, 7) is -0.106. The highest BCUT2D eigenvalue weighted by molar-refractivity contribution is 6.01. The maximum absolute atomic E-state index is 11.9. The zero-order valence-corrected chi connectivity index (χ0v) is 12.2. The zero-order chi connectivity index (χ0) is 15.5. The highest BCUT2D eigenvalue weighted by Gasteiger charge is 2.36. The van der Waals surface area contributed by atoms with Crippen LogP contribution in [0.15, 0.2) is 22.5 Å². The van der Waals surface area contributed by atoms with E-state index in [4.69, 9.17) is 4.84 Å². The van der Waals surface area contributed by atoms with Crippen LogP contribution >= 0.6 is 0 Å². The number of hydrogen-bond acceptors (Lipinski definition) is 7. The van der Waals surface area contributed by atoms with Gasteiger partial charge < -0.3 is 4.84 Å². The standard InChI is InChI=1S/C14H18N4O4/c19-12-7-8-13(20)18(12)22-14(21)9-17-11-6-4-2-1-3-5-10(11)15-16-17/h1-2,10-11H,3-9H2/b2-1-. The highest BCUT2D eigenvalue weighted by atomic mass is 16.7. The highest BCUT2D eigenvalue weighted by Crippen LogP contribution is 2.27. The molecule has 8 nitrogen and oxygen atoms in total. The van der Waals surface area contributed by atoms with E-state index in [0.717, 1.165) is 25.7 Å². The van der Waals surface area contributed by atoms with E-state index in [1.54, 1.807) is 5.01 Å². The van der Waals surface area contributed by atoms with Crippen LogP contribution in [-0.4, -0.2) is 46.5 Å². The topological polar surface area (TPSA) is 91.6 Å². The SMILES string of the molecule is O=C(CN1N=NC2CC/C=C\CCC21)ON1C(=O)CCC1=O. The first-order chi connectivity index (χ1) is 10.6. The van der Waals surface area contributed by atoms with Gasteiger partial charge in [0.2, 0.25) is 0 Å². The van der Waals surface area contributed by atoms with E-state index in [1.165, 1.54) is 0 Å². The van der Waals surface area contributed by atoms with Crippen LogP contribution in [0.4, 0.5) is 0 Å². The number of hydrogen-bond donors (Lipinski definition) is 0. The first-order valence-corrected chi connectivity index (χ1v) is 7.54. The smallest absolute Gasteiger partial charge is 0.328 e. The fourth-order valence-corrected chi connectivity index (χ4v) is 2.91. The third-order valence-electron chi connectivity index (χ3n) is 4.06. The molecule has 0 bridgehead atoms. The molecular weight excluding hydrogens is 288 g/mol. The predicted molar refractivity (Wildman–Crippen MR) is 73.9 cm³/mol. The zero-order valence-electron chi connectivity index (χ0n) is 12.2. The lowest BCUT2D eigenvalue weighted by atomic mass is 9.96. The van der Waals surface area contributed by atoms with Gasteiger partial charge in [0.25, 0.3) is 11.8 Å². The van der Waals surface area contributed by atoms with Gasteiger partial charge in [-0.15, -0.1) is 5.06 Å². The van der Waals surface area contributed by atoms with Crippen molar-refractivity contribution in [2.45, 2.75) is 50.6 Å². The molecule has 0 aromatic carbocycles. The first-order valence-electron chi connectivity index (χ1n) is 7.54.